The summed E-state index contributed by atoms with van der Waals surface area (Å²) < 4.78 is 1.95. The predicted octanol–water partition coefficient (Wildman–Crippen LogP) is 3.08. The van der Waals surface area contributed by atoms with Crippen LogP contribution in [-0.2, 0) is 11.9 Å². The summed E-state index contributed by atoms with van der Waals surface area (Å²) in [7, 11) is 0. The molecule has 0 N–H and O–H groups in total. The van der Waals surface area contributed by atoms with Crippen LogP contribution in [0.2, 0.25) is 0 Å². The van der Waals surface area contributed by atoms with Gasteiger partial charge in [0.05, 0.1) is 10.3 Å². The van der Waals surface area contributed by atoms with Crippen molar-refractivity contribution < 1.29 is 4.92 Å². The molecule has 100 valence electrons. The van der Waals surface area contributed by atoms with Crippen LogP contribution in [0.3, 0.4) is 0 Å². The second-order valence-electron chi connectivity index (χ2n) is 4.07. The van der Waals surface area contributed by atoms with Crippen LogP contribution in [0.1, 0.15) is 18.3 Å². The number of rotatable bonds is 4. The Morgan fingerprint density at radius 3 is 2.74 bits per heavy atom. The van der Waals surface area contributed by atoms with Crippen LogP contribution in [0.25, 0.3) is 11.4 Å². The van der Waals surface area contributed by atoms with Crippen molar-refractivity contribution in [2.45, 2.75) is 25.7 Å². The summed E-state index contributed by atoms with van der Waals surface area (Å²) in [5, 5.41) is 19.7. The Bertz CT molecular complexity index is 624. The van der Waals surface area contributed by atoms with E-state index < -0.39 is 4.92 Å². The number of hydrogen-bond donors (Lipinski definition) is 0. The van der Waals surface area contributed by atoms with Crippen LogP contribution >= 0.6 is 15.9 Å². The molecule has 0 aliphatic rings. The van der Waals surface area contributed by atoms with Crippen molar-refractivity contribution in [2.75, 3.05) is 0 Å². The lowest BCUT2D eigenvalue weighted by Gasteiger charge is -2.08. The highest BCUT2D eigenvalue weighted by Gasteiger charge is 2.16. The molecule has 0 fully saturated rings. The first kappa shape index (κ1) is 13.7. The van der Waals surface area contributed by atoms with Gasteiger partial charge in [-0.2, -0.15) is 0 Å². The largest absolute Gasteiger partial charge is 0.311 e. The summed E-state index contributed by atoms with van der Waals surface area (Å²) in [6.45, 7) is 4.61. The molecule has 2 rings (SSSR count). The number of aryl methyl sites for hydroxylation is 1. The molecule has 0 aliphatic heterocycles. The van der Waals surface area contributed by atoms with E-state index in [9.17, 15) is 10.1 Å². The van der Waals surface area contributed by atoms with E-state index in [1.807, 2.05) is 18.4 Å². The molecule has 19 heavy (non-hydrogen) atoms. The number of nitro groups is 1. The molecule has 7 heteroatoms. The van der Waals surface area contributed by atoms with Crippen LogP contribution in [0.5, 0.6) is 0 Å². The second kappa shape index (κ2) is 5.48. The quantitative estimate of drug-likeness (QED) is 0.492. The standard InChI is InChI=1S/C12H13BrN4O2/c1-3-16-11(7-13)14-15-12(16)10-6-9(17(18)19)5-4-8(10)2/h4-6H,3,7H2,1-2H3. The lowest BCUT2D eigenvalue weighted by atomic mass is 10.1. The van der Waals surface area contributed by atoms with Crippen molar-refractivity contribution in [1.82, 2.24) is 14.8 Å². The van der Waals surface area contributed by atoms with E-state index >= 15 is 0 Å². The van der Waals surface area contributed by atoms with E-state index in [2.05, 4.69) is 26.1 Å². The van der Waals surface area contributed by atoms with Gasteiger partial charge in [0.1, 0.15) is 5.82 Å². The maximum absolute atomic E-state index is 10.9. The summed E-state index contributed by atoms with van der Waals surface area (Å²) in [5.74, 6) is 1.47. The molecule has 0 saturated carbocycles. The number of hydrogen-bond acceptors (Lipinski definition) is 4. The highest BCUT2D eigenvalue weighted by Crippen LogP contribution is 2.27. The number of aromatic nitrogens is 3. The molecular weight excluding hydrogens is 312 g/mol. The third-order valence-corrected chi connectivity index (χ3v) is 3.44. The molecule has 0 bridgehead atoms. The van der Waals surface area contributed by atoms with E-state index in [0.29, 0.717) is 17.7 Å². The lowest BCUT2D eigenvalue weighted by Crippen LogP contribution is -2.03. The Balaban J connectivity index is 2.61. The average molecular weight is 325 g/mol. The summed E-state index contributed by atoms with van der Waals surface area (Å²) in [6, 6.07) is 4.77. The fourth-order valence-electron chi connectivity index (χ4n) is 1.93. The van der Waals surface area contributed by atoms with E-state index in [4.69, 9.17) is 0 Å². The van der Waals surface area contributed by atoms with E-state index in [0.717, 1.165) is 17.0 Å². The Hall–Kier alpha value is -1.76. The van der Waals surface area contributed by atoms with Crippen LogP contribution in [0.4, 0.5) is 5.69 Å². The first-order valence-electron chi connectivity index (χ1n) is 5.82. The van der Waals surface area contributed by atoms with Gasteiger partial charge >= 0.3 is 0 Å². The molecule has 1 aromatic heterocycles. The van der Waals surface area contributed by atoms with Gasteiger partial charge in [0.25, 0.3) is 5.69 Å². The fourth-order valence-corrected chi connectivity index (χ4v) is 2.35. The minimum absolute atomic E-state index is 0.0617. The Morgan fingerprint density at radius 2 is 2.16 bits per heavy atom. The minimum atomic E-state index is -0.402. The highest BCUT2D eigenvalue weighted by molar-refractivity contribution is 9.08. The Morgan fingerprint density at radius 1 is 1.42 bits per heavy atom. The number of benzene rings is 1. The molecule has 6 nitrogen and oxygen atoms in total. The van der Waals surface area contributed by atoms with Gasteiger partial charge in [0, 0.05) is 24.2 Å². The maximum atomic E-state index is 10.9. The molecule has 0 atom stereocenters. The first-order valence-corrected chi connectivity index (χ1v) is 6.94. The van der Waals surface area contributed by atoms with Crippen LogP contribution < -0.4 is 0 Å². The van der Waals surface area contributed by atoms with E-state index in [1.54, 1.807) is 12.1 Å². The van der Waals surface area contributed by atoms with Gasteiger partial charge in [0.15, 0.2) is 5.82 Å². The first-order chi connectivity index (χ1) is 9.08. The molecular formula is C12H13BrN4O2. The van der Waals surface area contributed by atoms with Gasteiger partial charge in [-0.25, -0.2) is 0 Å². The molecule has 0 aliphatic carbocycles. The van der Waals surface area contributed by atoms with Crippen LogP contribution in [0, 0.1) is 17.0 Å². The summed E-state index contributed by atoms with van der Waals surface area (Å²) in [6.07, 6.45) is 0. The summed E-state index contributed by atoms with van der Waals surface area (Å²) in [4.78, 5) is 10.5. The van der Waals surface area contributed by atoms with Crippen molar-refractivity contribution >= 4 is 21.6 Å². The SMILES string of the molecule is CCn1c(CBr)nnc1-c1cc([N+](=O)[O-])ccc1C. The highest BCUT2D eigenvalue weighted by atomic mass is 79.9. The number of halogens is 1. The molecule has 1 aromatic carbocycles. The van der Waals surface area contributed by atoms with Crippen LogP contribution in [0.15, 0.2) is 18.2 Å². The van der Waals surface area contributed by atoms with Crippen LogP contribution in [-0.4, -0.2) is 19.7 Å². The monoisotopic (exact) mass is 324 g/mol. The topological polar surface area (TPSA) is 73.8 Å². The molecule has 1 heterocycles. The second-order valence-corrected chi connectivity index (χ2v) is 4.63. The Labute approximate surface area is 118 Å². The number of alkyl halides is 1. The fraction of sp³-hybridized carbons (Fsp3) is 0.333. The zero-order valence-corrected chi connectivity index (χ0v) is 12.2. The molecule has 0 amide bonds. The Kier molecular flexibility index (Phi) is 3.94. The van der Waals surface area contributed by atoms with Crippen molar-refractivity contribution in [2.24, 2.45) is 0 Å². The molecule has 0 saturated heterocycles. The maximum Gasteiger partial charge on any atom is 0.270 e. The summed E-state index contributed by atoms with van der Waals surface area (Å²) in [5.41, 5.74) is 1.75. The smallest absolute Gasteiger partial charge is 0.270 e. The molecule has 0 unspecified atom stereocenters. The third-order valence-electron chi connectivity index (χ3n) is 2.94. The molecule has 0 spiro atoms. The predicted molar refractivity (Wildman–Crippen MR) is 75.2 cm³/mol. The van der Waals surface area contributed by atoms with Gasteiger partial charge in [-0.05, 0) is 19.4 Å². The minimum Gasteiger partial charge on any atom is -0.311 e. The van der Waals surface area contributed by atoms with E-state index in [1.165, 1.54) is 6.07 Å². The van der Waals surface area contributed by atoms with Gasteiger partial charge in [-0.1, -0.05) is 22.0 Å². The van der Waals surface area contributed by atoms with Crippen molar-refractivity contribution in [3.8, 4) is 11.4 Å². The van der Waals surface area contributed by atoms with E-state index in [-0.39, 0.29) is 5.69 Å². The number of non-ortho nitro benzene ring substituents is 1. The van der Waals surface area contributed by atoms with Gasteiger partial charge in [-0.3, -0.25) is 10.1 Å². The normalized spacial score (nSPS) is 10.7. The van der Waals surface area contributed by atoms with Crippen molar-refractivity contribution in [3.63, 3.8) is 0 Å². The number of nitrogens with zero attached hydrogens (tertiary/aromatic N) is 4. The van der Waals surface area contributed by atoms with Gasteiger partial charge in [-0.15, -0.1) is 10.2 Å². The molecule has 2 aromatic rings. The van der Waals surface area contributed by atoms with Gasteiger partial charge in [0.2, 0.25) is 0 Å². The number of nitro benzene ring substituents is 1. The average Bonchev–Trinajstić information content (AvgIpc) is 2.81. The zero-order valence-electron chi connectivity index (χ0n) is 10.6. The molecule has 0 radical (unpaired) electrons. The lowest BCUT2D eigenvalue weighted by molar-refractivity contribution is -0.384. The third kappa shape index (κ3) is 2.51. The summed E-state index contributed by atoms with van der Waals surface area (Å²) >= 11 is 3.36. The van der Waals surface area contributed by atoms with Crippen molar-refractivity contribution in [3.05, 3.63) is 39.7 Å². The zero-order chi connectivity index (χ0) is 14.0. The van der Waals surface area contributed by atoms with Crippen molar-refractivity contribution in [1.29, 1.82) is 0 Å². The van der Waals surface area contributed by atoms with Gasteiger partial charge < -0.3 is 4.57 Å².